The van der Waals surface area contributed by atoms with Gasteiger partial charge in [-0.15, -0.1) is 0 Å². The van der Waals surface area contributed by atoms with Crippen LogP contribution in [0.5, 0.6) is 0 Å². The molecule has 0 bridgehead atoms. The van der Waals surface area contributed by atoms with Crippen molar-refractivity contribution >= 4 is 0 Å². The summed E-state index contributed by atoms with van der Waals surface area (Å²) in [6, 6.07) is 4.05. The van der Waals surface area contributed by atoms with Crippen LogP contribution < -0.4 is 5.32 Å². The standard InChI is InChI=1S/C13H21N3O/c1-2-16-6-7-17-13(11-16)10-15-9-12-4-3-5-14-8-12/h3-5,8,13,15H,2,6-7,9-11H2,1H3/t13-/m0/s1. The Kier molecular flexibility index (Phi) is 4.91. The van der Waals surface area contributed by atoms with Gasteiger partial charge in [-0.25, -0.2) is 0 Å². The van der Waals surface area contributed by atoms with E-state index < -0.39 is 0 Å². The maximum absolute atomic E-state index is 5.73. The Morgan fingerprint density at radius 3 is 3.29 bits per heavy atom. The first-order valence-electron chi connectivity index (χ1n) is 6.32. The third kappa shape index (κ3) is 4.07. The van der Waals surface area contributed by atoms with Crippen LogP contribution in [0.2, 0.25) is 0 Å². The molecule has 1 saturated heterocycles. The highest BCUT2D eigenvalue weighted by atomic mass is 16.5. The summed E-state index contributed by atoms with van der Waals surface area (Å²) in [5.74, 6) is 0. The number of hydrogen-bond acceptors (Lipinski definition) is 4. The summed E-state index contributed by atoms with van der Waals surface area (Å²) in [6.45, 7) is 8.04. The maximum Gasteiger partial charge on any atom is 0.0826 e. The van der Waals surface area contributed by atoms with Crippen LogP contribution in [0.4, 0.5) is 0 Å². The molecule has 1 fully saturated rings. The van der Waals surface area contributed by atoms with Crippen LogP contribution in [0.3, 0.4) is 0 Å². The van der Waals surface area contributed by atoms with Gasteiger partial charge in [0, 0.05) is 38.6 Å². The number of pyridine rings is 1. The van der Waals surface area contributed by atoms with Gasteiger partial charge < -0.3 is 10.1 Å². The molecule has 4 nitrogen and oxygen atoms in total. The van der Waals surface area contributed by atoms with Gasteiger partial charge in [-0.1, -0.05) is 13.0 Å². The summed E-state index contributed by atoms with van der Waals surface area (Å²) in [7, 11) is 0. The van der Waals surface area contributed by atoms with E-state index in [4.69, 9.17) is 4.74 Å². The van der Waals surface area contributed by atoms with Gasteiger partial charge in [0.05, 0.1) is 12.7 Å². The average Bonchev–Trinajstić information content (AvgIpc) is 2.40. The van der Waals surface area contributed by atoms with E-state index in [2.05, 4.69) is 28.2 Å². The van der Waals surface area contributed by atoms with Crippen molar-refractivity contribution in [2.75, 3.05) is 32.8 Å². The van der Waals surface area contributed by atoms with Crippen LogP contribution in [0, 0.1) is 0 Å². The number of rotatable bonds is 5. The second kappa shape index (κ2) is 6.69. The summed E-state index contributed by atoms with van der Waals surface area (Å²) >= 11 is 0. The summed E-state index contributed by atoms with van der Waals surface area (Å²) in [6.07, 6.45) is 4.01. The zero-order valence-corrected chi connectivity index (χ0v) is 10.4. The van der Waals surface area contributed by atoms with Gasteiger partial charge in [-0.3, -0.25) is 9.88 Å². The van der Waals surface area contributed by atoms with Crippen LogP contribution >= 0.6 is 0 Å². The second-order valence-electron chi connectivity index (χ2n) is 4.38. The van der Waals surface area contributed by atoms with E-state index in [1.807, 2.05) is 12.3 Å². The van der Waals surface area contributed by atoms with Crippen LogP contribution in [-0.4, -0.2) is 48.8 Å². The molecule has 0 amide bonds. The van der Waals surface area contributed by atoms with E-state index in [1.54, 1.807) is 6.20 Å². The van der Waals surface area contributed by atoms with Gasteiger partial charge in [0.2, 0.25) is 0 Å². The summed E-state index contributed by atoms with van der Waals surface area (Å²) in [4.78, 5) is 6.53. The van der Waals surface area contributed by atoms with Crippen molar-refractivity contribution in [1.29, 1.82) is 0 Å². The third-order valence-electron chi connectivity index (χ3n) is 3.09. The molecule has 0 spiro atoms. The molecule has 0 unspecified atom stereocenters. The van der Waals surface area contributed by atoms with E-state index in [0.29, 0.717) is 6.10 Å². The Balaban J connectivity index is 1.68. The lowest BCUT2D eigenvalue weighted by Crippen LogP contribution is -2.46. The molecule has 0 aromatic carbocycles. The lowest BCUT2D eigenvalue weighted by Gasteiger charge is -2.32. The van der Waals surface area contributed by atoms with E-state index in [9.17, 15) is 0 Å². The molecule has 1 N–H and O–H groups in total. The Hall–Kier alpha value is -0.970. The largest absolute Gasteiger partial charge is 0.374 e. The molecule has 0 saturated carbocycles. The molecular formula is C13H21N3O. The molecule has 2 rings (SSSR count). The zero-order chi connectivity index (χ0) is 11.9. The highest BCUT2D eigenvalue weighted by Crippen LogP contribution is 2.04. The van der Waals surface area contributed by atoms with Gasteiger partial charge in [-0.2, -0.15) is 0 Å². The number of aromatic nitrogens is 1. The predicted octanol–water partition coefficient (Wildman–Crippen LogP) is 0.892. The number of hydrogen-bond donors (Lipinski definition) is 1. The molecule has 1 aromatic rings. The molecule has 1 atom stereocenters. The molecule has 17 heavy (non-hydrogen) atoms. The van der Waals surface area contributed by atoms with Gasteiger partial charge in [-0.05, 0) is 18.2 Å². The summed E-state index contributed by atoms with van der Waals surface area (Å²) < 4.78 is 5.73. The fourth-order valence-electron chi connectivity index (χ4n) is 2.07. The van der Waals surface area contributed by atoms with Crippen molar-refractivity contribution in [2.45, 2.75) is 19.6 Å². The fourth-order valence-corrected chi connectivity index (χ4v) is 2.07. The number of nitrogens with zero attached hydrogens (tertiary/aromatic N) is 2. The lowest BCUT2D eigenvalue weighted by molar-refractivity contribution is -0.0253. The van der Waals surface area contributed by atoms with Crippen LogP contribution in [0.25, 0.3) is 0 Å². The van der Waals surface area contributed by atoms with Crippen LogP contribution in [-0.2, 0) is 11.3 Å². The monoisotopic (exact) mass is 235 g/mol. The van der Waals surface area contributed by atoms with E-state index in [0.717, 1.165) is 39.3 Å². The number of nitrogens with one attached hydrogen (secondary N) is 1. The first kappa shape index (κ1) is 12.5. The molecule has 1 aliphatic heterocycles. The third-order valence-corrected chi connectivity index (χ3v) is 3.09. The van der Waals surface area contributed by atoms with Crippen molar-refractivity contribution in [3.05, 3.63) is 30.1 Å². The van der Waals surface area contributed by atoms with Crippen molar-refractivity contribution in [2.24, 2.45) is 0 Å². The van der Waals surface area contributed by atoms with E-state index in [1.165, 1.54) is 5.56 Å². The molecule has 4 heteroatoms. The Labute approximate surface area is 103 Å². The Morgan fingerprint density at radius 2 is 2.53 bits per heavy atom. The minimum Gasteiger partial charge on any atom is -0.374 e. The van der Waals surface area contributed by atoms with E-state index >= 15 is 0 Å². The summed E-state index contributed by atoms with van der Waals surface area (Å²) in [5, 5.41) is 3.42. The average molecular weight is 235 g/mol. The molecule has 1 aliphatic rings. The van der Waals surface area contributed by atoms with E-state index in [-0.39, 0.29) is 0 Å². The quantitative estimate of drug-likeness (QED) is 0.822. The smallest absolute Gasteiger partial charge is 0.0826 e. The predicted molar refractivity (Wildman–Crippen MR) is 67.8 cm³/mol. The maximum atomic E-state index is 5.73. The molecule has 0 aliphatic carbocycles. The molecule has 1 aromatic heterocycles. The molecule has 94 valence electrons. The first-order valence-corrected chi connectivity index (χ1v) is 6.32. The normalized spacial score (nSPS) is 21.6. The van der Waals surface area contributed by atoms with Gasteiger partial charge in [0.25, 0.3) is 0 Å². The van der Waals surface area contributed by atoms with Crippen molar-refractivity contribution in [3.63, 3.8) is 0 Å². The van der Waals surface area contributed by atoms with Gasteiger partial charge >= 0.3 is 0 Å². The SMILES string of the molecule is CCN1CCO[C@@H](CNCc2cccnc2)C1. The summed E-state index contributed by atoms with van der Waals surface area (Å²) in [5.41, 5.74) is 1.22. The van der Waals surface area contributed by atoms with Crippen LogP contribution in [0.1, 0.15) is 12.5 Å². The fraction of sp³-hybridized carbons (Fsp3) is 0.615. The zero-order valence-electron chi connectivity index (χ0n) is 10.4. The van der Waals surface area contributed by atoms with Crippen LogP contribution in [0.15, 0.2) is 24.5 Å². The van der Waals surface area contributed by atoms with Crippen molar-refractivity contribution in [3.8, 4) is 0 Å². The van der Waals surface area contributed by atoms with Gasteiger partial charge in [0.15, 0.2) is 0 Å². The number of likely N-dealkylation sites (N-methyl/N-ethyl adjacent to an activating group) is 1. The highest BCUT2D eigenvalue weighted by molar-refractivity contribution is 5.07. The van der Waals surface area contributed by atoms with Gasteiger partial charge in [0.1, 0.15) is 0 Å². The minimum absolute atomic E-state index is 0.320. The second-order valence-corrected chi connectivity index (χ2v) is 4.38. The lowest BCUT2D eigenvalue weighted by atomic mass is 10.2. The Morgan fingerprint density at radius 1 is 1.59 bits per heavy atom. The Bertz CT molecular complexity index is 318. The molecule has 0 radical (unpaired) electrons. The number of ether oxygens (including phenoxy) is 1. The number of morpholine rings is 1. The first-order chi connectivity index (χ1) is 8.38. The molecule has 2 heterocycles. The van der Waals surface area contributed by atoms with Crippen molar-refractivity contribution in [1.82, 2.24) is 15.2 Å². The van der Waals surface area contributed by atoms with Crippen molar-refractivity contribution < 1.29 is 4.74 Å². The molecular weight excluding hydrogens is 214 g/mol. The topological polar surface area (TPSA) is 37.4 Å². The minimum atomic E-state index is 0.320. The highest BCUT2D eigenvalue weighted by Gasteiger charge is 2.18.